The summed E-state index contributed by atoms with van der Waals surface area (Å²) in [5.74, 6) is 1.70. The third kappa shape index (κ3) is 3.82. The highest BCUT2D eigenvalue weighted by Gasteiger charge is 2.23. The molecule has 0 radical (unpaired) electrons. The van der Waals surface area contributed by atoms with E-state index < -0.39 is 0 Å². The molecule has 0 aliphatic carbocycles. The molecule has 2 aliphatic heterocycles. The van der Waals surface area contributed by atoms with Crippen LogP contribution >= 0.6 is 11.3 Å². The van der Waals surface area contributed by atoms with Gasteiger partial charge in [-0.1, -0.05) is 0 Å². The smallest absolute Gasteiger partial charge is 0.227 e. The van der Waals surface area contributed by atoms with Crippen molar-refractivity contribution < 1.29 is 4.74 Å². The highest BCUT2D eigenvalue weighted by Crippen LogP contribution is 2.18. The van der Waals surface area contributed by atoms with Gasteiger partial charge in [0.25, 0.3) is 0 Å². The molecule has 24 heavy (non-hydrogen) atoms. The molecule has 2 fully saturated rings. The highest BCUT2D eigenvalue weighted by molar-refractivity contribution is 7.07. The number of rotatable bonds is 5. The summed E-state index contributed by atoms with van der Waals surface area (Å²) in [6, 6.07) is 2.38. The largest absolute Gasteiger partial charge is 0.378 e. The van der Waals surface area contributed by atoms with Crippen molar-refractivity contribution >= 4 is 23.1 Å². The molecule has 8 heteroatoms. The fourth-order valence-corrected chi connectivity index (χ4v) is 3.74. The summed E-state index contributed by atoms with van der Waals surface area (Å²) >= 11 is 1.66. The summed E-state index contributed by atoms with van der Waals surface area (Å²) in [5, 5.41) is 5.69. The fourth-order valence-electron chi connectivity index (χ4n) is 3.19. The molecule has 7 nitrogen and oxygen atoms in total. The van der Waals surface area contributed by atoms with Crippen molar-refractivity contribution in [1.82, 2.24) is 19.9 Å². The number of aromatic nitrogens is 3. The van der Waals surface area contributed by atoms with Gasteiger partial charge in [-0.15, -0.1) is 11.3 Å². The minimum absolute atomic E-state index is 0.427. The van der Waals surface area contributed by atoms with Gasteiger partial charge in [0.2, 0.25) is 5.95 Å². The van der Waals surface area contributed by atoms with Gasteiger partial charge >= 0.3 is 0 Å². The number of anilines is 2. The van der Waals surface area contributed by atoms with Crippen LogP contribution in [0.15, 0.2) is 23.2 Å². The fraction of sp³-hybridized carbons (Fsp3) is 0.562. The Morgan fingerprint density at radius 2 is 2.17 bits per heavy atom. The van der Waals surface area contributed by atoms with Crippen LogP contribution in [-0.2, 0) is 11.3 Å². The van der Waals surface area contributed by atoms with E-state index in [0.29, 0.717) is 6.04 Å². The van der Waals surface area contributed by atoms with E-state index in [1.165, 1.54) is 0 Å². The molecule has 0 bridgehead atoms. The first-order valence-corrected chi connectivity index (χ1v) is 9.33. The maximum atomic E-state index is 5.39. The third-order valence-electron chi connectivity index (χ3n) is 4.43. The van der Waals surface area contributed by atoms with Crippen LogP contribution < -0.4 is 10.2 Å². The van der Waals surface area contributed by atoms with Gasteiger partial charge < -0.3 is 15.0 Å². The lowest BCUT2D eigenvalue weighted by molar-refractivity contribution is 0.122. The van der Waals surface area contributed by atoms with Crippen LogP contribution in [0.5, 0.6) is 0 Å². The van der Waals surface area contributed by atoms with Gasteiger partial charge in [-0.05, 0) is 12.5 Å². The second kappa shape index (κ2) is 7.42. The Bertz CT molecular complexity index is 646. The van der Waals surface area contributed by atoms with E-state index in [-0.39, 0.29) is 0 Å². The van der Waals surface area contributed by atoms with Crippen LogP contribution in [0.4, 0.5) is 11.8 Å². The number of thiazole rings is 1. The second-order valence-corrected chi connectivity index (χ2v) is 6.90. The first-order chi connectivity index (χ1) is 11.9. The Labute approximate surface area is 145 Å². The van der Waals surface area contributed by atoms with Crippen molar-refractivity contribution in [3.8, 4) is 0 Å². The minimum atomic E-state index is 0.427. The Hall–Kier alpha value is -1.77. The number of ether oxygens (including phenoxy) is 1. The normalized spacial score (nSPS) is 22.0. The lowest BCUT2D eigenvalue weighted by Gasteiger charge is -2.27. The van der Waals surface area contributed by atoms with Crippen LogP contribution in [0, 0.1) is 0 Å². The number of hydrogen-bond donors (Lipinski definition) is 1. The monoisotopic (exact) mass is 346 g/mol. The van der Waals surface area contributed by atoms with Crippen LogP contribution in [0.3, 0.4) is 0 Å². The van der Waals surface area contributed by atoms with Gasteiger partial charge in [-0.3, -0.25) is 4.90 Å². The average Bonchev–Trinajstić information content (AvgIpc) is 3.29. The summed E-state index contributed by atoms with van der Waals surface area (Å²) in [4.78, 5) is 18.1. The molecule has 2 aliphatic rings. The number of hydrogen-bond acceptors (Lipinski definition) is 8. The molecular weight excluding hydrogens is 324 g/mol. The predicted molar refractivity (Wildman–Crippen MR) is 94.5 cm³/mol. The lowest BCUT2D eigenvalue weighted by atomic mass is 10.2. The SMILES string of the molecule is c1cc(NC2CCN(Cc3cscn3)C2)nc(N2CCOCC2)n1. The number of morpholine rings is 1. The minimum Gasteiger partial charge on any atom is -0.378 e. The summed E-state index contributed by atoms with van der Waals surface area (Å²) in [6.45, 7) is 6.25. The third-order valence-corrected chi connectivity index (χ3v) is 5.07. The molecular formula is C16H22N6OS. The zero-order valence-corrected chi connectivity index (χ0v) is 14.4. The number of nitrogens with one attached hydrogen (secondary N) is 1. The van der Waals surface area contributed by atoms with Crippen molar-refractivity contribution in [1.29, 1.82) is 0 Å². The van der Waals surface area contributed by atoms with E-state index in [9.17, 15) is 0 Å². The molecule has 2 aromatic heterocycles. The van der Waals surface area contributed by atoms with Crippen LogP contribution in [0.1, 0.15) is 12.1 Å². The van der Waals surface area contributed by atoms with Gasteiger partial charge in [0.1, 0.15) is 5.82 Å². The number of nitrogens with zero attached hydrogens (tertiary/aromatic N) is 5. The maximum Gasteiger partial charge on any atom is 0.227 e. The Balaban J connectivity index is 1.34. The molecule has 1 unspecified atom stereocenters. The molecule has 4 heterocycles. The van der Waals surface area contributed by atoms with Crippen LogP contribution in [-0.4, -0.2) is 65.3 Å². The first-order valence-electron chi connectivity index (χ1n) is 8.38. The van der Waals surface area contributed by atoms with Gasteiger partial charge in [-0.2, -0.15) is 4.98 Å². The summed E-state index contributed by atoms with van der Waals surface area (Å²) in [7, 11) is 0. The lowest BCUT2D eigenvalue weighted by Crippen LogP contribution is -2.37. The molecule has 0 amide bonds. The van der Waals surface area contributed by atoms with E-state index in [1.807, 2.05) is 17.8 Å². The summed E-state index contributed by atoms with van der Waals surface area (Å²) < 4.78 is 5.39. The number of likely N-dealkylation sites (tertiary alicyclic amines) is 1. The van der Waals surface area contributed by atoms with E-state index in [2.05, 4.69) is 35.4 Å². The Morgan fingerprint density at radius 3 is 3.00 bits per heavy atom. The predicted octanol–water partition coefficient (Wildman–Crippen LogP) is 1.46. The standard InChI is InChI=1S/C16H22N6OS/c1-3-17-16(22-5-7-23-8-6-22)20-15(1)19-13-2-4-21(9-13)10-14-11-24-12-18-14/h1,3,11-13H,2,4-10H2,(H,17,19,20). The highest BCUT2D eigenvalue weighted by atomic mass is 32.1. The Morgan fingerprint density at radius 1 is 1.25 bits per heavy atom. The molecule has 4 rings (SSSR count). The van der Waals surface area contributed by atoms with E-state index in [0.717, 1.165) is 69.8 Å². The van der Waals surface area contributed by atoms with Gasteiger partial charge in [0, 0.05) is 50.3 Å². The first kappa shape index (κ1) is 15.7. The molecule has 0 spiro atoms. The van der Waals surface area contributed by atoms with Gasteiger partial charge in [0.15, 0.2) is 0 Å². The molecule has 2 aromatic rings. The van der Waals surface area contributed by atoms with E-state index >= 15 is 0 Å². The quantitative estimate of drug-likeness (QED) is 0.879. The van der Waals surface area contributed by atoms with Crippen molar-refractivity contribution in [2.24, 2.45) is 0 Å². The second-order valence-electron chi connectivity index (χ2n) is 6.19. The van der Waals surface area contributed by atoms with Crippen molar-refractivity contribution in [3.63, 3.8) is 0 Å². The molecule has 128 valence electrons. The summed E-state index contributed by atoms with van der Waals surface area (Å²) in [5.41, 5.74) is 3.06. The van der Waals surface area contributed by atoms with E-state index in [4.69, 9.17) is 4.74 Å². The molecule has 0 aromatic carbocycles. The topological polar surface area (TPSA) is 66.4 Å². The molecule has 1 N–H and O–H groups in total. The van der Waals surface area contributed by atoms with Crippen molar-refractivity contribution in [2.75, 3.05) is 49.6 Å². The molecule has 2 saturated heterocycles. The maximum absolute atomic E-state index is 5.39. The van der Waals surface area contributed by atoms with Crippen molar-refractivity contribution in [3.05, 3.63) is 28.8 Å². The Kier molecular flexibility index (Phi) is 4.86. The zero-order valence-electron chi connectivity index (χ0n) is 13.6. The van der Waals surface area contributed by atoms with E-state index in [1.54, 1.807) is 11.3 Å². The van der Waals surface area contributed by atoms with Crippen molar-refractivity contribution in [2.45, 2.75) is 19.0 Å². The zero-order chi connectivity index (χ0) is 16.2. The van der Waals surface area contributed by atoms with Gasteiger partial charge in [-0.25, -0.2) is 9.97 Å². The molecule has 1 atom stereocenters. The van der Waals surface area contributed by atoms with Crippen LogP contribution in [0.2, 0.25) is 0 Å². The average molecular weight is 346 g/mol. The van der Waals surface area contributed by atoms with Gasteiger partial charge in [0.05, 0.1) is 24.4 Å². The molecule has 0 saturated carbocycles. The van der Waals surface area contributed by atoms with Crippen LogP contribution in [0.25, 0.3) is 0 Å². The summed E-state index contributed by atoms with van der Waals surface area (Å²) in [6.07, 6.45) is 2.96.